The first-order valence-electron chi connectivity index (χ1n) is 18.8. The van der Waals surface area contributed by atoms with E-state index in [1.165, 1.54) is 29.9 Å². The van der Waals surface area contributed by atoms with Gasteiger partial charge in [0.1, 0.15) is 0 Å². The largest absolute Gasteiger partial charge is 0.374 e. The zero-order valence-electron chi connectivity index (χ0n) is 30.2. The Morgan fingerprint density at radius 2 is 1.58 bits per heavy atom. The van der Waals surface area contributed by atoms with Crippen LogP contribution in [0.25, 0.3) is 0 Å². The molecule has 10 atom stereocenters. The molecular formula is C40H62O5S3. The first kappa shape index (κ1) is 38.5. The molecule has 4 heterocycles. The lowest BCUT2D eigenvalue weighted by Crippen LogP contribution is -2.38. The smallest absolute Gasteiger partial charge is 0.178 e. The molecule has 8 heteroatoms. The molecule has 0 aromatic heterocycles. The molecule has 4 saturated heterocycles. The Morgan fingerprint density at radius 3 is 2.27 bits per heavy atom. The third-order valence-corrected chi connectivity index (χ3v) is 16.6. The standard InChI is InChI=1S/C40H62O5S3/c1-8-26(3)21-37-30(7)35(25-48(41,42)34-15-11-31(9-2)12-16-34)39(45-37)24-38-29(6)27(4)22-32(44-38)13-17-36-28(5)23-33(43-36)14-18-40-46-19-10-20-47-40/h11-12,15-16,26-27,30,32-33,35-40H,5-6,8-10,13-14,17-25H2,1-4,7H3/t26-,27-,30-,32+,33+,35-,36+,37-,38-,39+/m1/s1. The summed E-state index contributed by atoms with van der Waals surface area (Å²) in [5.74, 6) is 3.60. The van der Waals surface area contributed by atoms with E-state index in [-0.39, 0.29) is 48.1 Å². The number of thioether (sulfide) groups is 2. The average molecular weight is 719 g/mol. The van der Waals surface area contributed by atoms with E-state index in [1.807, 2.05) is 12.1 Å². The van der Waals surface area contributed by atoms with Gasteiger partial charge in [-0.15, -0.1) is 23.5 Å². The van der Waals surface area contributed by atoms with E-state index < -0.39 is 9.84 Å². The minimum Gasteiger partial charge on any atom is -0.374 e. The van der Waals surface area contributed by atoms with Gasteiger partial charge in [0.2, 0.25) is 0 Å². The van der Waals surface area contributed by atoms with E-state index >= 15 is 0 Å². The van der Waals surface area contributed by atoms with Gasteiger partial charge in [-0.3, -0.25) is 0 Å². The Balaban J connectivity index is 1.21. The normalized spacial score (nSPS) is 34.1. The first-order chi connectivity index (χ1) is 23.0. The van der Waals surface area contributed by atoms with Crippen LogP contribution < -0.4 is 0 Å². The fraction of sp³-hybridized carbons (Fsp3) is 0.750. The van der Waals surface area contributed by atoms with Gasteiger partial charge in [0.25, 0.3) is 0 Å². The summed E-state index contributed by atoms with van der Waals surface area (Å²) in [5.41, 5.74) is 3.50. The third kappa shape index (κ3) is 9.97. The van der Waals surface area contributed by atoms with Crippen LogP contribution in [0.1, 0.15) is 104 Å². The SMILES string of the molecule is C=C1C[C@H](CCC2SCCCS2)O[C@H]1CC[C@H]1C[C@@H](C)C(=C)[C@@H](C[C@@H]2O[C@H](C[C@H](C)CC)[C@H](C)[C@H]2CS(=O)(=O)c2ccc(CC)cc2)O1. The number of ether oxygens (including phenoxy) is 3. The lowest BCUT2D eigenvalue weighted by molar-refractivity contribution is -0.0737. The van der Waals surface area contributed by atoms with Crippen molar-refractivity contribution in [2.24, 2.45) is 23.7 Å². The molecule has 0 N–H and O–H groups in total. The minimum atomic E-state index is -3.47. The van der Waals surface area contributed by atoms with Crippen LogP contribution in [0.5, 0.6) is 0 Å². The van der Waals surface area contributed by atoms with Crippen LogP contribution in [0.15, 0.2) is 53.5 Å². The summed E-state index contributed by atoms with van der Waals surface area (Å²) in [6.07, 6.45) is 11.3. The average Bonchev–Trinajstić information content (AvgIpc) is 3.58. The highest BCUT2D eigenvalue weighted by atomic mass is 32.2. The Kier molecular flexibility index (Phi) is 14.1. The quantitative estimate of drug-likeness (QED) is 0.167. The number of sulfone groups is 1. The number of hydrogen-bond acceptors (Lipinski definition) is 7. The van der Waals surface area contributed by atoms with E-state index in [0.717, 1.165) is 67.1 Å². The van der Waals surface area contributed by atoms with Gasteiger partial charge >= 0.3 is 0 Å². The van der Waals surface area contributed by atoms with Crippen LogP contribution in [-0.2, 0) is 30.5 Å². The zero-order chi connectivity index (χ0) is 34.4. The molecule has 4 fully saturated rings. The molecule has 0 saturated carbocycles. The van der Waals surface area contributed by atoms with Crippen molar-refractivity contribution in [3.63, 3.8) is 0 Å². The second-order valence-electron chi connectivity index (χ2n) is 15.2. The molecule has 0 radical (unpaired) electrons. The Bertz CT molecular complexity index is 1310. The summed E-state index contributed by atoms with van der Waals surface area (Å²) in [5, 5.41) is 0. The topological polar surface area (TPSA) is 61.8 Å². The van der Waals surface area contributed by atoms with Crippen molar-refractivity contribution in [3.8, 4) is 0 Å². The van der Waals surface area contributed by atoms with E-state index in [9.17, 15) is 8.42 Å². The molecule has 0 aliphatic carbocycles. The highest BCUT2D eigenvalue weighted by Gasteiger charge is 2.46. The van der Waals surface area contributed by atoms with Gasteiger partial charge in [0.05, 0.1) is 51.9 Å². The minimum absolute atomic E-state index is 0.0477. The number of rotatable bonds is 15. The molecule has 1 aromatic carbocycles. The molecule has 0 amide bonds. The van der Waals surface area contributed by atoms with E-state index in [4.69, 9.17) is 14.2 Å². The summed E-state index contributed by atoms with van der Waals surface area (Å²) in [6, 6.07) is 7.43. The predicted molar refractivity (Wildman–Crippen MR) is 204 cm³/mol. The number of hydrogen-bond donors (Lipinski definition) is 0. The number of aryl methyl sites for hydroxylation is 1. The molecule has 4 aliphatic rings. The lowest BCUT2D eigenvalue weighted by Gasteiger charge is -2.38. The van der Waals surface area contributed by atoms with E-state index in [1.54, 1.807) is 12.1 Å². The lowest BCUT2D eigenvalue weighted by atomic mass is 9.81. The zero-order valence-corrected chi connectivity index (χ0v) is 32.7. The molecular weight excluding hydrogens is 657 g/mol. The second kappa shape index (κ2) is 17.6. The van der Waals surface area contributed by atoms with Crippen molar-refractivity contribution in [3.05, 3.63) is 54.1 Å². The molecule has 4 aliphatic heterocycles. The highest BCUT2D eigenvalue weighted by molar-refractivity contribution is 8.17. The van der Waals surface area contributed by atoms with Gasteiger partial charge in [0.15, 0.2) is 9.84 Å². The summed E-state index contributed by atoms with van der Waals surface area (Å²) in [7, 11) is -3.47. The monoisotopic (exact) mass is 718 g/mol. The maximum absolute atomic E-state index is 13.8. The van der Waals surface area contributed by atoms with Crippen molar-refractivity contribution < 1.29 is 22.6 Å². The highest BCUT2D eigenvalue weighted by Crippen LogP contribution is 2.43. The van der Waals surface area contributed by atoms with Gasteiger partial charge in [0, 0.05) is 12.3 Å². The van der Waals surface area contributed by atoms with Crippen LogP contribution in [-0.4, -0.2) is 66.9 Å². The Hall–Kier alpha value is -0.770. The van der Waals surface area contributed by atoms with Gasteiger partial charge in [-0.2, -0.15) is 0 Å². The van der Waals surface area contributed by atoms with Crippen LogP contribution in [0.3, 0.4) is 0 Å². The molecule has 270 valence electrons. The fourth-order valence-electron chi connectivity index (χ4n) is 8.12. The summed E-state index contributed by atoms with van der Waals surface area (Å²) in [4.78, 5) is 0.410. The first-order valence-corrected chi connectivity index (χ1v) is 22.6. The van der Waals surface area contributed by atoms with E-state index in [2.05, 4.69) is 71.3 Å². The van der Waals surface area contributed by atoms with Crippen LogP contribution in [0, 0.1) is 23.7 Å². The Labute approximate surface area is 301 Å². The fourth-order valence-corrected chi connectivity index (χ4v) is 12.8. The maximum Gasteiger partial charge on any atom is 0.178 e. The Morgan fingerprint density at radius 1 is 0.896 bits per heavy atom. The number of benzene rings is 1. The summed E-state index contributed by atoms with van der Waals surface area (Å²) >= 11 is 4.24. The molecule has 1 aromatic rings. The molecule has 5 nitrogen and oxygen atoms in total. The van der Waals surface area contributed by atoms with Crippen LogP contribution >= 0.6 is 23.5 Å². The summed E-state index contributed by atoms with van der Waals surface area (Å²) in [6.45, 7) is 19.9. The van der Waals surface area contributed by atoms with Gasteiger partial charge in [-0.1, -0.05) is 66.3 Å². The van der Waals surface area contributed by atoms with Crippen molar-refractivity contribution >= 4 is 33.4 Å². The van der Waals surface area contributed by atoms with Crippen LogP contribution in [0.4, 0.5) is 0 Å². The molecule has 0 bridgehead atoms. The third-order valence-electron chi connectivity index (χ3n) is 11.7. The van der Waals surface area contributed by atoms with Crippen molar-refractivity contribution in [1.29, 1.82) is 0 Å². The summed E-state index contributed by atoms with van der Waals surface area (Å²) < 4.78 is 48.5. The molecule has 48 heavy (non-hydrogen) atoms. The van der Waals surface area contributed by atoms with Gasteiger partial charge < -0.3 is 14.2 Å². The van der Waals surface area contributed by atoms with Crippen molar-refractivity contribution in [2.45, 2.75) is 151 Å². The van der Waals surface area contributed by atoms with Crippen molar-refractivity contribution in [2.75, 3.05) is 17.3 Å². The van der Waals surface area contributed by atoms with Crippen LogP contribution in [0.2, 0.25) is 0 Å². The van der Waals surface area contributed by atoms with Gasteiger partial charge in [-0.05, 0) is 116 Å². The van der Waals surface area contributed by atoms with Gasteiger partial charge in [-0.25, -0.2) is 8.42 Å². The van der Waals surface area contributed by atoms with Crippen molar-refractivity contribution in [1.82, 2.24) is 0 Å². The molecule has 0 spiro atoms. The maximum atomic E-state index is 13.8. The molecule has 5 rings (SSSR count). The van der Waals surface area contributed by atoms with E-state index in [0.29, 0.717) is 29.3 Å². The second-order valence-corrected chi connectivity index (χ2v) is 20.2. The predicted octanol–water partition coefficient (Wildman–Crippen LogP) is 9.69. The molecule has 0 unspecified atom stereocenters.